The van der Waals surface area contributed by atoms with E-state index in [1.165, 1.54) is 0 Å². The molecule has 0 bridgehead atoms. The minimum Gasteiger partial charge on any atom is -0.492 e. The van der Waals surface area contributed by atoms with E-state index < -0.39 is 0 Å². The Hall–Kier alpha value is -0.150. The summed E-state index contributed by atoms with van der Waals surface area (Å²) in [5, 5.41) is 4.97. The molecule has 1 atom stereocenters. The summed E-state index contributed by atoms with van der Waals surface area (Å²) in [6.07, 6.45) is 0.863. The zero-order valence-corrected chi connectivity index (χ0v) is 12.0. The van der Waals surface area contributed by atoms with E-state index in [1.807, 2.05) is 0 Å². The Balaban J connectivity index is 2.48. The van der Waals surface area contributed by atoms with E-state index in [-0.39, 0.29) is 6.04 Å². The fourth-order valence-electron chi connectivity index (χ4n) is 2.05. The van der Waals surface area contributed by atoms with Gasteiger partial charge < -0.3 is 10.1 Å². The van der Waals surface area contributed by atoms with Crippen molar-refractivity contribution in [3.05, 3.63) is 26.7 Å². The average molecular weight is 295 g/mol. The quantitative estimate of drug-likeness (QED) is 0.813. The van der Waals surface area contributed by atoms with Crippen molar-refractivity contribution in [3.63, 3.8) is 0 Å². The second-order valence-corrected chi connectivity index (χ2v) is 5.60. The molecule has 2 rings (SSSR count). The first-order chi connectivity index (χ1) is 8.00. The maximum atomic E-state index is 6.25. The van der Waals surface area contributed by atoms with Crippen LogP contribution < -0.4 is 10.1 Å². The summed E-state index contributed by atoms with van der Waals surface area (Å²) in [7, 11) is 0. The number of benzene rings is 1. The second kappa shape index (κ2) is 5.23. The Kier molecular flexibility index (Phi) is 4.09. The van der Waals surface area contributed by atoms with E-state index in [1.54, 1.807) is 6.07 Å². The lowest BCUT2D eigenvalue weighted by Gasteiger charge is -2.30. The SMILES string of the molecule is CC(C)NC1CCOc2c(Cl)cc(Cl)c(Cl)c21. The molecule has 2 nitrogen and oxygen atoms in total. The number of ether oxygens (including phenoxy) is 1. The first-order valence-corrected chi connectivity index (χ1v) is 6.70. The Morgan fingerprint density at radius 3 is 2.65 bits per heavy atom. The van der Waals surface area contributed by atoms with Crippen LogP contribution >= 0.6 is 34.8 Å². The number of rotatable bonds is 2. The molecular weight excluding hydrogens is 280 g/mol. The number of fused-ring (bicyclic) bond motifs is 1. The monoisotopic (exact) mass is 293 g/mol. The standard InChI is InChI=1S/C12H14Cl3NO/c1-6(2)16-9-3-4-17-12-8(14)5-7(13)11(15)10(9)12/h5-6,9,16H,3-4H2,1-2H3. The van der Waals surface area contributed by atoms with Gasteiger partial charge in [-0.2, -0.15) is 0 Å². The van der Waals surface area contributed by atoms with Gasteiger partial charge in [0.2, 0.25) is 0 Å². The van der Waals surface area contributed by atoms with E-state index in [4.69, 9.17) is 39.5 Å². The van der Waals surface area contributed by atoms with Crippen LogP contribution in [0.4, 0.5) is 0 Å². The molecule has 0 aliphatic carbocycles. The van der Waals surface area contributed by atoms with E-state index >= 15 is 0 Å². The van der Waals surface area contributed by atoms with Crippen LogP contribution in [0, 0.1) is 0 Å². The zero-order valence-electron chi connectivity index (χ0n) is 9.69. The highest BCUT2D eigenvalue weighted by Crippen LogP contribution is 2.45. The minimum absolute atomic E-state index is 0.141. The van der Waals surface area contributed by atoms with Crippen LogP contribution in [0.5, 0.6) is 5.75 Å². The topological polar surface area (TPSA) is 21.3 Å². The molecule has 94 valence electrons. The van der Waals surface area contributed by atoms with Gasteiger partial charge in [-0.1, -0.05) is 48.7 Å². The van der Waals surface area contributed by atoms with Crippen LogP contribution in [-0.4, -0.2) is 12.6 Å². The molecule has 17 heavy (non-hydrogen) atoms. The predicted molar refractivity (Wildman–Crippen MR) is 72.6 cm³/mol. The van der Waals surface area contributed by atoms with Crippen molar-refractivity contribution in [2.24, 2.45) is 0 Å². The molecular formula is C12H14Cl3NO. The highest BCUT2D eigenvalue weighted by Gasteiger charge is 2.28. The Morgan fingerprint density at radius 1 is 1.29 bits per heavy atom. The third-order valence-electron chi connectivity index (χ3n) is 2.70. The third kappa shape index (κ3) is 2.65. The van der Waals surface area contributed by atoms with Crippen molar-refractivity contribution in [1.82, 2.24) is 5.32 Å². The van der Waals surface area contributed by atoms with Crippen molar-refractivity contribution < 1.29 is 4.74 Å². The molecule has 0 aromatic heterocycles. The third-order valence-corrected chi connectivity index (χ3v) is 3.78. The van der Waals surface area contributed by atoms with E-state index in [2.05, 4.69) is 19.2 Å². The van der Waals surface area contributed by atoms with Gasteiger partial charge in [-0.25, -0.2) is 0 Å². The second-order valence-electron chi connectivity index (χ2n) is 4.41. The van der Waals surface area contributed by atoms with Crippen LogP contribution in [0.1, 0.15) is 31.9 Å². The summed E-state index contributed by atoms with van der Waals surface area (Å²) in [5.74, 6) is 0.658. The van der Waals surface area contributed by atoms with Gasteiger partial charge in [0.05, 0.1) is 21.7 Å². The molecule has 1 aliphatic heterocycles. The summed E-state index contributed by atoms with van der Waals surface area (Å²) in [6, 6.07) is 2.13. The molecule has 1 heterocycles. The van der Waals surface area contributed by atoms with Gasteiger partial charge in [0.1, 0.15) is 5.75 Å². The molecule has 0 fully saturated rings. The molecule has 1 aromatic carbocycles. The van der Waals surface area contributed by atoms with Crippen molar-refractivity contribution in [1.29, 1.82) is 0 Å². The fraction of sp³-hybridized carbons (Fsp3) is 0.500. The summed E-state index contributed by atoms with van der Waals surface area (Å²) in [4.78, 5) is 0. The first kappa shape index (κ1) is 13.3. The van der Waals surface area contributed by atoms with Crippen LogP contribution in [0.25, 0.3) is 0 Å². The van der Waals surface area contributed by atoms with Gasteiger partial charge in [-0.05, 0) is 6.07 Å². The fourth-order valence-corrected chi connectivity index (χ4v) is 2.85. The number of hydrogen-bond donors (Lipinski definition) is 1. The van der Waals surface area contributed by atoms with E-state index in [0.29, 0.717) is 33.5 Å². The van der Waals surface area contributed by atoms with Gasteiger partial charge in [0.15, 0.2) is 0 Å². The molecule has 0 radical (unpaired) electrons. The molecule has 0 saturated heterocycles. The normalized spacial score (nSPS) is 19.1. The van der Waals surface area contributed by atoms with Gasteiger partial charge >= 0.3 is 0 Å². The number of hydrogen-bond acceptors (Lipinski definition) is 2. The lowest BCUT2D eigenvalue weighted by Crippen LogP contribution is -2.32. The van der Waals surface area contributed by atoms with Crippen molar-refractivity contribution in [2.45, 2.75) is 32.4 Å². The van der Waals surface area contributed by atoms with Crippen molar-refractivity contribution >= 4 is 34.8 Å². The van der Waals surface area contributed by atoms with Gasteiger partial charge in [-0.3, -0.25) is 0 Å². The van der Waals surface area contributed by atoms with Crippen molar-refractivity contribution in [2.75, 3.05) is 6.61 Å². The summed E-state index contributed by atoms with van der Waals surface area (Å²) in [5.41, 5.74) is 0.879. The summed E-state index contributed by atoms with van der Waals surface area (Å²) >= 11 is 18.4. The molecule has 0 amide bonds. The van der Waals surface area contributed by atoms with Crippen LogP contribution in [0.2, 0.25) is 15.1 Å². The summed E-state index contributed by atoms with van der Waals surface area (Å²) in [6.45, 7) is 4.82. The van der Waals surface area contributed by atoms with Gasteiger partial charge in [0, 0.05) is 24.1 Å². The lowest BCUT2D eigenvalue weighted by molar-refractivity contribution is 0.248. The maximum Gasteiger partial charge on any atom is 0.144 e. The zero-order chi connectivity index (χ0) is 12.6. The molecule has 1 aromatic rings. The Bertz CT molecular complexity index is 434. The largest absolute Gasteiger partial charge is 0.492 e. The molecule has 1 unspecified atom stereocenters. The van der Waals surface area contributed by atoms with Crippen LogP contribution in [0.3, 0.4) is 0 Å². The lowest BCUT2D eigenvalue weighted by atomic mass is 9.99. The van der Waals surface area contributed by atoms with Gasteiger partial charge in [0.25, 0.3) is 0 Å². The Morgan fingerprint density at radius 2 is 2.00 bits per heavy atom. The van der Waals surface area contributed by atoms with E-state index in [0.717, 1.165) is 12.0 Å². The molecule has 5 heteroatoms. The first-order valence-electron chi connectivity index (χ1n) is 5.57. The van der Waals surface area contributed by atoms with E-state index in [9.17, 15) is 0 Å². The Labute approximate surface area is 116 Å². The van der Waals surface area contributed by atoms with Gasteiger partial charge in [-0.15, -0.1) is 0 Å². The van der Waals surface area contributed by atoms with Crippen LogP contribution in [-0.2, 0) is 0 Å². The minimum atomic E-state index is 0.141. The maximum absolute atomic E-state index is 6.25. The number of nitrogens with one attached hydrogen (secondary N) is 1. The van der Waals surface area contributed by atoms with Crippen molar-refractivity contribution in [3.8, 4) is 5.75 Å². The molecule has 0 saturated carbocycles. The highest BCUT2D eigenvalue weighted by molar-refractivity contribution is 6.44. The molecule has 0 spiro atoms. The van der Waals surface area contributed by atoms with Crippen LogP contribution in [0.15, 0.2) is 6.07 Å². The number of halogens is 3. The molecule has 1 aliphatic rings. The smallest absolute Gasteiger partial charge is 0.144 e. The highest BCUT2D eigenvalue weighted by atomic mass is 35.5. The predicted octanol–water partition coefficient (Wildman–Crippen LogP) is 4.47. The molecule has 1 N–H and O–H groups in total. The summed E-state index contributed by atoms with van der Waals surface area (Å²) < 4.78 is 5.59. The average Bonchev–Trinajstić information content (AvgIpc) is 2.25.